The number of anilines is 2. The van der Waals surface area contributed by atoms with Crippen molar-refractivity contribution in [1.82, 2.24) is 14.9 Å². The molecule has 162 valence electrons. The van der Waals surface area contributed by atoms with E-state index in [1.807, 2.05) is 12.1 Å². The molecule has 2 aromatic rings. The summed E-state index contributed by atoms with van der Waals surface area (Å²) < 4.78 is 11.8. The zero-order valence-corrected chi connectivity index (χ0v) is 18.6. The van der Waals surface area contributed by atoms with Crippen LogP contribution in [0.4, 0.5) is 11.6 Å². The number of rotatable bonds is 6. The van der Waals surface area contributed by atoms with E-state index in [2.05, 4.69) is 71.2 Å². The lowest BCUT2D eigenvalue weighted by Gasteiger charge is -2.38. The molecule has 0 saturated carbocycles. The van der Waals surface area contributed by atoms with Gasteiger partial charge in [-0.3, -0.25) is 0 Å². The number of likely N-dealkylation sites (N-methyl/N-ethyl adjacent to an activating group) is 1. The van der Waals surface area contributed by atoms with E-state index in [0.29, 0.717) is 6.04 Å². The van der Waals surface area contributed by atoms with Crippen molar-refractivity contribution in [3.63, 3.8) is 0 Å². The molecule has 2 aliphatic heterocycles. The molecule has 0 aliphatic carbocycles. The Morgan fingerprint density at radius 3 is 2.83 bits per heavy atom. The molecule has 1 saturated heterocycles. The molecule has 2 aliphatic rings. The standard InChI is InChI=1S/C23H33N5O2/c1-23(2)12-19(18-8-6-7-9-20(18)30-23)26-21-11-22(25-15-24-21)28-14-17(29-5)10-16(28)13-27(3)4/h6-9,11,15-17,19H,10,12-14H2,1-5H3,(H,24,25,26)/t16-,17-,19?/m0/s1. The van der Waals surface area contributed by atoms with E-state index >= 15 is 0 Å². The van der Waals surface area contributed by atoms with E-state index in [4.69, 9.17) is 9.47 Å². The first-order valence-corrected chi connectivity index (χ1v) is 10.7. The second-order valence-corrected chi connectivity index (χ2v) is 9.22. The lowest BCUT2D eigenvalue weighted by atomic mass is 9.90. The molecule has 0 bridgehead atoms. The number of benzene rings is 1. The van der Waals surface area contributed by atoms with E-state index in [9.17, 15) is 0 Å². The fraction of sp³-hybridized carbons (Fsp3) is 0.565. The molecule has 7 nitrogen and oxygen atoms in total. The van der Waals surface area contributed by atoms with Crippen molar-refractivity contribution >= 4 is 11.6 Å². The third-order valence-corrected chi connectivity index (χ3v) is 5.93. The van der Waals surface area contributed by atoms with Gasteiger partial charge in [0.25, 0.3) is 0 Å². The molecule has 1 aromatic heterocycles. The minimum Gasteiger partial charge on any atom is -0.487 e. The largest absolute Gasteiger partial charge is 0.487 e. The number of para-hydroxylation sites is 1. The van der Waals surface area contributed by atoms with Crippen LogP contribution >= 0.6 is 0 Å². The molecule has 0 spiro atoms. The molecular weight excluding hydrogens is 378 g/mol. The van der Waals surface area contributed by atoms with Crippen LogP contribution in [0.3, 0.4) is 0 Å². The minimum atomic E-state index is -0.237. The second-order valence-electron chi connectivity index (χ2n) is 9.22. The number of ether oxygens (including phenoxy) is 2. The van der Waals surface area contributed by atoms with Gasteiger partial charge >= 0.3 is 0 Å². The van der Waals surface area contributed by atoms with Gasteiger partial charge in [0.2, 0.25) is 0 Å². The SMILES string of the molecule is CO[C@H]1C[C@@H](CN(C)C)N(c2cc(NC3CC(C)(C)Oc4ccccc43)ncn2)C1. The summed E-state index contributed by atoms with van der Waals surface area (Å²) in [5.74, 6) is 2.72. The molecule has 4 rings (SSSR count). The predicted molar refractivity (Wildman–Crippen MR) is 119 cm³/mol. The van der Waals surface area contributed by atoms with Crippen molar-refractivity contribution in [2.45, 2.75) is 50.5 Å². The van der Waals surface area contributed by atoms with Gasteiger partial charge in [0, 0.05) is 44.3 Å². The van der Waals surface area contributed by atoms with Crippen molar-refractivity contribution in [1.29, 1.82) is 0 Å². The Kier molecular flexibility index (Phi) is 5.84. The molecule has 1 N–H and O–H groups in total. The van der Waals surface area contributed by atoms with E-state index in [1.165, 1.54) is 5.56 Å². The molecule has 7 heteroatoms. The number of methoxy groups -OCH3 is 1. The summed E-state index contributed by atoms with van der Waals surface area (Å²) in [5.41, 5.74) is 0.933. The molecule has 0 amide bonds. The second kappa shape index (κ2) is 8.40. The number of nitrogens with zero attached hydrogens (tertiary/aromatic N) is 4. The fourth-order valence-electron chi connectivity index (χ4n) is 4.61. The van der Waals surface area contributed by atoms with Gasteiger partial charge in [-0.1, -0.05) is 18.2 Å². The molecule has 3 heterocycles. The van der Waals surface area contributed by atoms with Crippen LogP contribution in [0.25, 0.3) is 0 Å². The smallest absolute Gasteiger partial charge is 0.134 e. The molecule has 0 radical (unpaired) electrons. The van der Waals surface area contributed by atoms with Crippen molar-refractivity contribution in [2.75, 3.05) is 44.5 Å². The highest BCUT2D eigenvalue weighted by molar-refractivity contribution is 5.52. The number of nitrogens with one attached hydrogen (secondary N) is 1. The summed E-state index contributed by atoms with van der Waals surface area (Å²) in [6, 6.07) is 10.8. The molecular formula is C23H33N5O2. The van der Waals surface area contributed by atoms with Crippen molar-refractivity contribution in [3.8, 4) is 5.75 Å². The van der Waals surface area contributed by atoms with Crippen LogP contribution in [0.2, 0.25) is 0 Å². The maximum absolute atomic E-state index is 6.17. The van der Waals surface area contributed by atoms with Crippen molar-refractivity contribution in [3.05, 3.63) is 42.2 Å². The number of fused-ring (bicyclic) bond motifs is 1. The zero-order chi connectivity index (χ0) is 21.3. The lowest BCUT2D eigenvalue weighted by molar-refractivity contribution is 0.0758. The fourth-order valence-corrected chi connectivity index (χ4v) is 4.61. The Balaban J connectivity index is 1.57. The molecule has 1 aromatic carbocycles. The zero-order valence-electron chi connectivity index (χ0n) is 18.6. The van der Waals surface area contributed by atoms with Gasteiger partial charge in [-0.05, 0) is 40.4 Å². The third kappa shape index (κ3) is 4.52. The molecule has 3 atom stereocenters. The summed E-state index contributed by atoms with van der Waals surface area (Å²) >= 11 is 0. The van der Waals surface area contributed by atoms with Gasteiger partial charge in [0.15, 0.2) is 0 Å². The maximum atomic E-state index is 6.17. The van der Waals surface area contributed by atoms with Crippen molar-refractivity contribution < 1.29 is 9.47 Å². The van der Waals surface area contributed by atoms with Gasteiger partial charge < -0.3 is 24.6 Å². The highest BCUT2D eigenvalue weighted by Crippen LogP contribution is 2.41. The molecule has 30 heavy (non-hydrogen) atoms. The Morgan fingerprint density at radius 1 is 1.27 bits per heavy atom. The Morgan fingerprint density at radius 2 is 2.07 bits per heavy atom. The highest BCUT2D eigenvalue weighted by atomic mass is 16.5. The van der Waals surface area contributed by atoms with E-state index in [1.54, 1.807) is 13.4 Å². The van der Waals surface area contributed by atoms with E-state index in [-0.39, 0.29) is 17.7 Å². The van der Waals surface area contributed by atoms with Crippen LogP contribution < -0.4 is 15.0 Å². The topological polar surface area (TPSA) is 62.8 Å². The summed E-state index contributed by atoms with van der Waals surface area (Å²) in [6.07, 6.45) is 3.75. The average Bonchev–Trinajstić information content (AvgIpc) is 3.09. The predicted octanol–water partition coefficient (Wildman–Crippen LogP) is 3.35. The quantitative estimate of drug-likeness (QED) is 0.782. The van der Waals surface area contributed by atoms with Gasteiger partial charge in [-0.15, -0.1) is 0 Å². The Bertz CT molecular complexity index is 872. The van der Waals surface area contributed by atoms with Crippen LogP contribution in [-0.4, -0.2) is 66.9 Å². The van der Waals surface area contributed by atoms with Crippen molar-refractivity contribution in [2.24, 2.45) is 0 Å². The number of hydrogen-bond acceptors (Lipinski definition) is 7. The van der Waals surface area contributed by atoms with Crippen LogP contribution in [0.15, 0.2) is 36.7 Å². The average molecular weight is 412 g/mol. The Hall–Kier alpha value is -2.38. The first kappa shape index (κ1) is 20.9. The van der Waals surface area contributed by atoms with E-state index in [0.717, 1.165) is 43.3 Å². The number of hydrogen-bond donors (Lipinski definition) is 1. The molecule has 1 fully saturated rings. The summed E-state index contributed by atoms with van der Waals surface area (Å²) in [5, 5.41) is 3.64. The number of aromatic nitrogens is 2. The van der Waals surface area contributed by atoms with Crippen LogP contribution in [0.1, 0.15) is 38.3 Å². The normalized spacial score (nSPS) is 25.1. The maximum Gasteiger partial charge on any atom is 0.134 e. The van der Waals surface area contributed by atoms with Gasteiger partial charge in [0.05, 0.1) is 12.1 Å². The third-order valence-electron chi connectivity index (χ3n) is 5.93. The monoisotopic (exact) mass is 411 g/mol. The first-order chi connectivity index (χ1) is 14.3. The Labute approximate surface area is 179 Å². The van der Waals surface area contributed by atoms with Crippen LogP contribution in [0.5, 0.6) is 5.75 Å². The van der Waals surface area contributed by atoms with E-state index < -0.39 is 0 Å². The lowest BCUT2D eigenvalue weighted by Crippen LogP contribution is -2.38. The molecule has 1 unspecified atom stereocenters. The summed E-state index contributed by atoms with van der Waals surface area (Å²) in [6.45, 7) is 6.07. The van der Waals surface area contributed by atoms with Gasteiger partial charge in [-0.25, -0.2) is 9.97 Å². The highest BCUT2D eigenvalue weighted by Gasteiger charge is 2.35. The van der Waals surface area contributed by atoms with Gasteiger partial charge in [-0.2, -0.15) is 0 Å². The first-order valence-electron chi connectivity index (χ1n) is 10.7. The van der Waals surface area contributed by atoms with Gasteiger partial charge in [0.1, 0.15) is 29.3 Å². The van der Waals surface area contributed by atoms with Crippen LogP contribution in [-0.2, 0) is 4.74 Å². The summed E-state index contributed by atoms with van der Waals surface area (Å²) in [4.78, 5) is 13.7. The minimum absolute atomic E-state index is 0.135. The van der Waals surface area contributed by atoms with Crippen LogP contribution in [0, 0.1) is 0 Å². The summed E-state index contributed by atoms with van der Waals surface area (Å²) in [7, 11) is 6.00.